The third kappa shape index (κ3) is 3.79. The van der Waals surface area contributed by atoms with Crippen LogP contribution in [0.1, 0.15) is 16.1 Å². The van der Waals surface area contributed by atoms with Gasteiger partial charge in [0.2, 0.25) is 0 Å². The van der Waals surface area contributed by atoms with Crippen LogP contribution in [0.15, 0.2) is 47.1 Å². The smallest absolute Gasteiger partial charge is 0.331 e. The molecular weight excluding hydrogens is 300 g/mol. The van der Waals surface area contributed by atoms with Gasteiger partial charge in [-0.15, -0.1) is 0 Å². The van der Waals surface area contributed by atoms with Crippen LogP contribution in [0.4, 0.5) is 0 Å². The molecule has 0 spiro atoms. The van der Waals surface area contributed by atoms with Gasteiger partial charge in [-0.05, 0) is 36.4 Å². The van der Waals surface area contributed by atoms with E-state index in [9.17, 15) is 9.59 Å². The van der Waals surface area contributed by atoms with Crippen LogP contribution in [0.5, 0.6) is 11.5 Å². The van der Waals surface area contributed by atoms with Gasteiger partial charge in [-0.2, -0.15) is 0 Å². The summed E-state index contributed by atoms with van der Waals surface area (Å²) in [5, 5.41) is 0. The lowest BCUT2D eigenvalue weighted by molar-refractivity contribution is -0.136. The first-order valence-electron chi connectivity index (χ1n) is 7.03. The van der Waals surface area contributed by atoms with Crippen molar-refractivity contribution in [1.29, 1.82) is 0 Å². The number of esters is 1. The summed E-state index contributed by atoms with van der Waals surface area (Å²) >= 11 is 0. The van der Waals surface area contributed by atoms with E-state index in [0.29, 0.717) is 36.0 Å². The first kappa shape index (κ1) is 14.9. The van der Waals surface area contributed by atoms with E-state index in [0.717, 1.165) is 0 Å². The molecule has 0 aliphatic carbocycles. The van der Waals surface area contributed by atoms with Crippen molar-refractivity contribution in [2.75, 3.05) is 19.8 Å². The topological polar surface area (TPSA) is 75.0 Å². The number of fused-ring (bicyclic) bond motifs is 1. The molecule has 1 aromatic carbocycles. The standard InChI is InChI=1S/C17H14O6/c18-14(11-23-17(19)6-4-13-2-1-7-20-13)12-3-5-15-16(10-12)22-9-8-21-15/h1-7,10H,8-9,11H2. The Morgan fingerprint density at radius 2 is 1.96 bits per heavy atom. The predicted molar refractivity (Wildman–Crippen MR) is 80.5 cm³/mol. The van der Waals surface area contributed by atoms with Gasteiger partial charge in [0.25, 0.3) is 0 Å². The minimum absolute atomic E-state index is 0.318. The zero-order valence-corrected chi connectivity index (χ0v) is 12.2. The second-order valence-corrected chi connectivity index (χ2v) is 4.74. The Labute approximate surface area is 132 Å². The molecule has 0 saturated carbocycles. The SMILES string of the molecule is O=C(C=Cc1ccco1)OCC(=O)c1ccc2c(c1)OCCO2. The van der Waals surface area contributed by atoms with Gasteiger partial charge >= 0.3 is 5.97 Å². The van der Waals surface area contributed by atoms with Crippen LogP contribution in [-0.4, -0.2) is 31.6 Å². The number of benzene rings is 1. The number of furan rings is 1. The molecule has 0 fully saturated rings. The maximum atomic E-state index is 12.1. The number of ketones is 1. The third-order valence-electron chi connectivity index (χ3n) is 3.14. The van der Waals surface area contributed by atoms with Crippen molar-refractivity contribution in [1.82, 2.24) is 0 Å². The summed E-state index contributed by atoms with van der Waals surface area (Å²) in [6, 6.07) is 8.27. The van der Waals surface area contributed by atoms with Gasteiger partial charge in [-0.1, -0.05) is 0 Å². The van der Waals surface area contributed by atoms with Crippen LogP contribution in [0.3, 0.4) is 0 Å². The van der Waals surface area contributed by atoms with Crippen LogP contribution in [-0.2, 0) is 9.53 Å². The van der Waals surface area contributed by atoms with Gasteiger partial charge in [0.05, 0.1) is 6.26 Å². The van der Waals surface area contributed by atoms with Crippen molar-refractivity contribution in [2.45, 2.75) is 0 Å². The van der Waals surface area contributed by atoms with E-state index in [1.54, 1.807) is 30.3 Å². The first-order chi connectivity index (χ1) is 11.2. The van der Waals surface area contributed by atoms with Gasteiger partial charge in [-0.25, -0.2) is 4.79 Å². The second-order valence-electron chi connectivity index (χ2n) is 4.74. The van der Waals surface area contributed by atoms with Gasteiger partial charge < -0.3 is 18.6 Å². The fourth-order valence-electron chi connectivity index (χ4n) is 2.02. The monoisotopic (exact) mass is 314 g/mol. The van der Waals surface area contributed by atoms with E-state index in [-0.39, 0.29) is 12.4 Å². The molecule has 0 atom stereocenters. The Morgan fingerprint density at radius 1 is 1.13 bits per heavy atom. The Hall–Kier alpha value is -3.02. The van der Waals surface area contributed by atoms with Crippen LogP contribution in [0, 0.1) is 0 Å². The molecular formula is C17H14O6. The summed E-state index contributed by atoms with van der Waals surface area (Å²) in [6.45, 7) is 0.581. The molecule has 0 bridgehead atoms. The zero-order valence-electron chi connectivity index (χ0n) is 12.2. The van der Waals surface area contributed by atoms with Gasteiger partial charge in [0, 0.05) is 11.6 Å². The number of carbonyl (C=O) groups is 2. The van der Waals surface area contributed by atoms with E-state index < -0.39 is 5.97 Å². The van der Waals surface area contributed by atoms with Crippen molar-refractivity contribution in [3.63, 3.8) is 0 Å². The zero-order chi connectivity index (χ0) is 16.1. The van der Waals surface area contributed by atoms with Gasteiger partial charge in [-0.3, -0.25) is 4.79 Å². The van der Waals surface area contributed by atoms with Gasteiger partial charge in [0.1, 0.15) is 19.0 Å². The lowest BCUT2D eigenvalue weighted by Crippen LogP contribution is -2.17. The van der Waals surface area contributed by atoms with Crippen LogP contribution < -0.4 is 9.47 Å². The molecule has 0 amide bonds. The van der Waals surface area contributed by atoms with E-state index in [1.807, 2.05) is 0 Å². The van der Waals surface area contributed by atoms with Crippen molar-refractivity contribution in [2.24, 2.45) is 0 Å². The summed E-state index contributed by atoms with van der Waals surface area (Å²) in [4.78, 5) is 23.6. The Kier molecular flexibility index (Phi) is 4.42. The Morgan fingerprint density at radius 3 is 2.74 bits per heavy atom. The quantitative estimate of drug-likeness (QED) is 0.479. The minimum Gasteiger partial charge on any atom is -0.486 e. The van der Waals surface area contributed by atoms with Crippen LogP contribution in [0.25, 0.3) is 6.08 Å². The molecule has 118 valence electrons. The lowest BCUT2D eigenvalue weighted by Gasteiger charge is -2.18. The molecule has 0 N–H and O–H groups in total. The molecule has 2 aromatic rings. The molecule has 2 heterocycles. The maximum Gasteiger partial charge on any atom is 0.331 e. The molecule has 0 saturated heterocycles. The Balaban J connectivity index is 1.56. The highest BCUT2D eigenvalue weighted by atomic mass is 16.6. The summed E-state index contributed by atoms with van der Waals surface area (Å²) < 4.78 is 20.8. The van der Waals surface area contributed by atoms with Crippen molar-refractivity contribution >= 4 is 17.8 Å². The molecule has 1 aliphatic rings. The number of hydrogen-bond donors (Lipinski definition) is 0. The maximum absolute atomic E-state index is 12.1. The van der Waals surface area contributed by atoms with E-state index in [4.69, 9.17) is 18.6 Å². The molecule has 23 heavy (non-hydrogen) atoms. The summed E-state index contributed by atoms with van der Waals surface area (Å²) in [7, 11) is 0. The number of ether oxygens (including phenoxy) is 3. The van der Waals surface area contributed by atoms with Gasteiger partial charge in [0.15, 0.2) is 23.9 Å². The molecule has 1 aliphatic heterocycles. The van der Waals surface area contributed by atoms with Crippen molar-refractivity contribution in [3.8, 4) is 11.5 Å². The minimum atomic E-state index is -0.618. The highest BCUT2D eigenvalue weighted by Crippen LogP contribution is 2.30. The average Bonchev–Trinajstić information content (AvgIpc) is 3.11. The average molecular weight is 314 g/mol. The van der Waals surface area contributed by atoms with E-state index in [2.05, 4.69) is 0 Å². The molecule has 6 nitrogen and oxygen atoms in total. The summed E-state index contributed by atoms with van der Waals surface area (Å²) in [6.07, 6.45) is 4.17. The normalized spacial score (nSPS) is 13.0. The number of carbonyl (C=O) groups excluding carboxylic acids is 2. The Bertz CT molecular complexity index is 730. The van der Waals surface area contributed by atoms with Crippen molar-refractivity contribution < 1.29 is 28.2 Å². The number of hydrogen-bond acceptors (Lipinski definition) is 6. The predicted octanol–water partition coefficient (Wildman–Crippen LogP) is 2.49. The summed E-state index contributed by atoms with van der Waals surface area (Å²) in [5.41, 5.74) is 0.400. The third-order valence-corrected chi connectivity index (χ3v) is 3.14. The second kappa shape index (κ2) is 6.83. The van der Waals surface area contributed by atoms with Crippen LogP contribution >= 0.6 is 0 Å². The highest BCUT2D eigenvalue weighted by molar-refractivity contribution is 5.99. The molecule has 0 radical (unpaired) electrons. The molecule has 6 heteroatoms. The fourth-order valence-corrected chi connectivity index (χ4v) is 2.02. The number of rotatable bonds is 5. The van der Waals surface area contributed by atoms with Crippen LogP contribution in [0.2, 0.25) is 0 Å². The number of Topliss-reactive ketones (excluding diaryl/α,β-unsaturated/α-hetero) is 1. The molecule has 3 rings (SSSR count). The van der Waals surface area contributed by atoms with E-state index in [1.165, 1.54) is 18.4 Å². The fraction of sp³-hybridized carbons (Fsp3) is 0.176. The first-order valence-corrected chi connectivity index (χ1v) is 7.03. The molecule has 1 aromatic heterocycles. The highest BCUT2D eigenvalue weighted by Gasteiger charge is 2.15. The molecule has 0 unspecified atom stereocenters. The van der Waals surface area contributed by atoms with Crippen molar-refractivity contribution in [3.05, 3.63) is 54.0 Å². The largest absolute Gasteiger partial charge is 0.486 e. The van der Waals surface area contributed by atoms with E-state index >= 15 is 0 Å². The summed E-state index contributed by atoms with van der Waals surface area (Å²) in [5.74, 6) is 0.714. The lowest BCUT2D eigenvalue weighted by atomic mass is 10.1.